The number of esters is 2. The van der Waals surface area contributed by atoms with Gasteiger partial charge in [-0.3, -0.25) is 0 Å². The van der Waals surface area contributed by atoms with E-state index in [1.165, 1.54) is 45.4 Å². The van der Waals surface area contributed by atoms with Gasteiger partial charge in [0.1, 0.15) is 5.76 Å². The van der Waals surface area contributed by atoms with Gasteiger partial charge in [0.05, 0.1) is 13.2 Å². The summed E-state index contributed by atoms with van der Waals surface area (Å²) in [6, 6.07) is 0. The van der Waals surface area contributed by atoms with E-state index in [-0.39, 0.29) is 41.6 Å². The smallest absolute Gasteiger partial charge is 0.349 e. The van der Waals surface area contributed by atoms with Crippen LogP contribution in [0.2, 0.25) is 0 Å². The Bertz CT molecular complexity index is 385. The minimum Gasteiger partial charge on any atom is -0.511 e. The molecule has 163 valence electrons. The summed E-state index contributed by atoms with van der Waals surface area (Å²) in [7, 11) is 0. The number of allylic oxidation sites excluding steroid dienone is 1. The fourth-order valence-electron chi connectivity index (χ4n) is 2.62. The molecule has 0 rings (SSSR count). The Labute approximate surface area is 175 Å². The average molecular weight is 434 g/mol. The van der Waals surface area contributed by atoms with Gasteiger partial charge in [-0.25, -0.2) is 9.59 Å². The molecule has 0 spiro atoms. The van der Waals surface area contributed by atoms with Crippen LogP contribution in [-0.4, -0.2) is 30.3 Å². The van der Waals surface area contributed by atoms with E-state index in [0.29, 0.717) is 0 Å². The molecule has 0 saturated carbocycles. The van der Waals surface area contributed by atoms with Gasteiger partial charge in [-0.2, -0.15) is 0 Å². The van der Waals surface area contributed by atoms with Crippen LogP contribution in [0, 0.1) is 0 Å². The van der Waals surface area contributed by atoms with Crippen LogP contribution >= 0.6 is 0 Å². The number of aliphatic hydroxyl groups excluding tert-OH is 1. The Hall–Kier alpha value is -1.00. The van der Waals surface area contributed by atoms with Crippen LogP contribution in [0.5, 0.6) is 0 Å². The van der Waals surface area contributed by atoms with E-state index in [4.69, 9.17) is 9.47 Å². The van der Waals surface area contributed by atoms with Crippen molar-refractivity contribution in [1.29, 1.82) is 0 Å². The van der Waals surface area contributed by atoms with E-state index in [2.05, 4.69) is 13.8 Å². The minimum atomic E-state index is -0.800. The Balaban J connectivity index is 0. The van der Waals surface area contributed by atoms with E-state index in [0.717, 1.165) is 38.5 Å². The van der Waals surface area contributed by atoms with Crippen molar-refractivity contribution >= 4 is 11.9 Å². The SMILES string of the molecule is CCCCCCCCOC(=O)C(C(=O)OCCCCCCCC)=C(C)O.[Cu]. The summed E-state index contributed by atoms with van der Waals surface area (Å²) in [4.78, 5) is 24.1. The zero-order valence-electron chi connectivity index (χ0n) is 17.3. The monoisotopic (exact) mass is 433 g/mol. The molecule has 0 aromatic heterocycles. The topological polar surface area (TPSA) is 72.8 Å². The van der Waals surface area contributed by atoms with Crippen molar-refractivity contribution in [2.75, 3.05) is 13.2 Å². The summed E-state index contributed by atoms with van der Waals surface area (Å²) in [5.74, 6) is -1.95. The predicted octanol–water partition coefficient (Wildman–Crippen LogP) is 5.62. The first kappa shape index (κ1) is 28.2. The second kappa shape index (κ2) is 19.8. The maximum atomic E-state index is 12.0. The summed E-state index contributed by atoms with van der Waals surface area (Å²) in [5, 5.41) is 9.63. The van der Waals surface area contributed by atoms with Crippen LogP contribution in [0.3, 0.4) is 0 Å². The number of aliphatic hydroxyl groups is 1. The fourth-order valence-corrected chi connectivity index (χ4v) is 2.62. The number of hydrogen-bond donors (Lipinski definition) is 1. The molecule has 0 aromatic carbocycles. The van der Waals surface area contributed by atoms with E-state index in [1.54, 1.807) is 0 Å². The zero-order chi connectivity index (χ0) is 19.6. The number of carbonyl (C=O) groups excluding carboxylic acids is 2. The van der Waals surface area contributed by atoms with Crippen LogP contribution in [0.4, 0.5) is 0 Å². The maximum absolute atomic E-state index is 12.0. The van der Waals surface area contributed by atoms with E-state index in [9.17, 15) is 14.7 Å². The Morgan fingerprint density at radius 1 is 0.667 bits per heavy atom. The quantitative estimate of drug-likeness (QED) is 0.0649. The minimum absolute atomic E-state index is 0. The number of ether oxygens (including phenoxy) is 2. The summed E-state index contributed by atoms with van der Waals surface area (Å²) in [6.07, 6.45) is 13.0. The van der Waals surface area contributed by atoms with Crippen molar-refractivity contribution in [1.82, 2.24) is 0 Å². The first-order chi connectivity index (χ1) is 12.5. The first-order valence-corrected chi connectivity index (χ1v) is 10.3. The Morgan fingerprint density at radius 2 is 1.00 bits per heavy atom. The van der Waals surface area contributed by atoms with Crippen LogP contribution < -0.4 is 0 Å². The van der Waals surface area contributed by atoms with Gasteiger partial charge in [0.25, 0.3) is 0 Å². The van der Waals surface area contributed by atoms with E-state index < -0.39 is 11.9 Å². The van der Waals surface area contributed by atoms with E-state index in [1.807, 2.05) is 0 Å². The predicted molar refractivity (Wildman–Crippen MR) is 104 cm³/mol. The second-order valence-corrected chi connectivity index (χ2v) is 6.77. The van der Waals surface area contributed by atoms with Gasteiger partial charge in [0.2, 0.25) is 0 Å². The van der Waals surface area contributed by atoms with Gasteiger partial charge in [0, 0.05) is 17.1 Å². The molecular weight excluding hydrogens is 396 g/mol. The first-order valence-electron chi connectivity index (χ1n) is 10.3. The van der Waals surface area contributed by atoms with Crippen LogP contribution in [0.15, 0.2) is 11.3 Å². The average Bonchev–Trinajstić information content (AvgIpc) is 2.60. The fraction of sp³-hybridized carbons (Fsp3) is 0.810. The number of hydrogen-bond acceptors (Lipinski definition) is 5. The third-order valence-corrected chi connectivity index (χ3v) is 4.23. The largest absolute Gasteiger partial charge is 0.511 e. The van der Waals surface area contributed by atoms with Crippen molar-refractivity contribution in [3.05, 3.63) is 11.3 Å². The molecule has 5 nitrogen and oxygen atoms in total. The number of unbranched alkanes of at least 4 members (excludes halogenated alkanes) is 10. The van der Waals surface area contributed by atoms with Gasteiger partial charge in [0.15, 0.2) is 5.57 Å². The van der Waals surface area contributed by atoms with Crippen molar-refractivity contribution in [3.8, 4) is 0 Å². The van der Waals surface area contributed by atoms with Gasteiger partial charge in [-0.1, -0.05) is 78.1 Å². The molecule has 0 aliphatic rings. The van der Waals surface area contributed by atoms with Crippen molar-refractivity contribution in [2.45, 2.75) is 97.8 Å². The van der Waals surface area contributed by atoms with Crippen molar-refractivity contribution in [3.63, 3.8) is 0 Å². The van der Waals surface area contributed by atoms with Gasteiger partial charge < -0.3 is 14.6 Å². The third kappa shape index (κ3) is 15.7. The molecular formula is C21H38CuO5. The molecule has 0 aliphatic heterocycles. The second-order valence-electron chi connectivity index (χ2n) is 6.77. The molecule has 0 aromatic rings. The summed E-state index contributed by atoms with van der Waals surface area (Å²) < 4.78 is 10.2. The number of rotatable bonds is 16. The van der Waals surface area contributed by atoms with Gasteiger partial charge in [-0.05, 0) is 19.8 Å². The Morgan fingerprint density at radius 3 is 1.33 bits per heavy atom. The summed E-state index contributed by atoms with van der Waals surface area (Å²) >= 11 is 0. The molecule has 0 atom stereocenters. The molecule has 1 N–H and O–H groups in total. The molecule has 0 amide bonds. The Kier molecular flexibility index (Phi) is 20.6. The van der Waals surface area contributed by atoms with Crippen molar-refractivity contribution < 1.29 is 41.2 Å². The number of carbonyl (C=O) groups is 2. The van der Waals surface area contributed by atoms with Gasteiger partial charge in [-0.15, -0.1) is 0 Å². The summed E-state index contributed by atoms with van der Waals surface area (Å²) in [6.45, 7) is 6.14. The summed E-state index contributed by atoms with van der Waals surface area (Å²) in [5.41, 5.74) is -0.387. The van der Waals surface area contributed by atoms with Crippen molar-refractivity contribution in [2.24, 2.45) is 0 Å². The third-order valence-electron chi connectivity index (χ3n) is 4.23. The zero-order valence-corrected chi connectivity index (χ0v) is 18.2. The standard InChI is InChI=1S/C21H38O5.Cu/c1-4-6-8-10-12-14-16-25-20(23)19(18(3)22)21(24)26-17-15-13-11-9-7-5-2;/h22H,4-17H2,1-3H3;. The maximum Gasteiger partial charge on any atom is 0.349 e. The molecule has 6 heteroatoms. The normalized spacial score (nSPS) is 10.0. The molecule has 0 heterocycles. The van der Waals surface area contributed by atoms with E-state index >= 15 is 0 Å². The van der Waals surface area contributed by atoms with Gasteiger partial charge >= 0.3 is 11.9 Å². The molecule has 1 radical (unpaired) electrons. The van der Waals surface area contributed by atoms with Crippen LogP contribution in [-0.2, 0) is 36.1 Å². The molecule has 0 bridgehead atoms. The molecule has 27 heavy (non-hydrogen) atoms. The van der Waals surface area contributed by atoms with Crippen LogP contribution in [0.1, 0.15) is 97.8 Å². The molecule has 0 saturated heterocycles. The molecule has 0 fully saturated rings. The molecule has 0 aliphatic carbocycles. The molecule has 0 unspecified atom stereocenters. The van der Waals surface area contributed by atoms with Crippen LogP contribution in [0.25, 0.3) is 0 Å².